The lowest BCUT2D eigenvalue weighted by atomic mass is 10.2. The summed E-state index contributed by atoms with van der Waals surface area (Å²) in [4.78, 5) is 24.5. The first kappa shape index (κ1) is 12.8. The Bertz CT molecular complexity index is 285. The summed E-state index contributed by atoms with van der Waals surface area (Å²) in [7, 11) is 1.30. The number of nitrogens with one attached hydrogen (secondary N) is 1. The van der Waals surface area contributed by atoms with Gasteiger partial charge in [-0.2, -0.15) is 0 Å². The fourth-order valence-corrected chi connectivity index (χ4v) is 1.40. The standard InChI is InChI=1S/C10H18N2O4/c1-10(2,3)16-9(14)12-6-11-5-7(12)8(13)15-4/h7,11H,5-6H2,1-4H3. The molecule has 0 aliphatic carbocycles. The second-order valence-corrected chi connectivity index (χ2v) is 4.60. The summed E-state index contributed by atoms with van der Waals surface area (Å²) in [6.07, 6.45) is -0.507. The first-order chi connectivity index (χ1) is 7.35. The second-order valence-electron chi connectivity index (χ2n) is 4.60. The number of nitrogens with zero attached hydrogens (tertiary/aromatic N) is 1. The van der Waals surface area contributed by atoms with E-state index >= 15 is 0 Å². The number of hydrogen-bond acceptors (Lipinski definition) is 5. The number of amides is 1. The summed E-state index contributed by atoms with van der Waals surface area (Å²) >= 11 is 0. The molecule has 0 aromatic carbocycles. The number of methoxy groups -OCH3 is 1. The molecule has 1 atom stereocenters. The third-order valence-electron chi connectivity index (χ3n) is 2.10. The molecule has 1 aliphatic rings. The first-order valence-electron chi connectivity index (χ1n) is 5.13. The Morgan fingerprint density at radius 2 is 2.00 bits per heavy atom. The van der Waals surface area contributed by atoms with Crippen molar-refractivity contribution in [1.82, 2.24) is 10.2 Å². The van der Waals surface area contributed by atoms with Gasteiger partial charge in [-0.3, -0.25) is 10.2 Å². The molecule has 0 aromatic rings. The minimum Gasteiger partial charge on any atom is -0.467 e. The molecule has 1 rings (SSSR count). The molecule has 1 heterocycles. The molecule has 0 aromatic heterocycles. The molecule has 0 saturated carbocycles. The lowest BCUT2D eigenvalue weighted by Crippen LogP contribution is -2.44. The Morgan fingerprint density at radius 3 is 2.50 bits per heavy atom. The zero-order valence-electron chi connectivity index (χ0n) is 10.1. The van der Waals surface area contributed by atoms with Gasteiger partial charge in [0.25, 0.3) is 0 Å². The van der Waals surface area contributed by atoms with Crippen LogP contribution in [0.15, 0.2) is 0 Å². The van der Waals surface area contributed by atoms with Gasteiger partial charge in [0.2, 0.25) is 0 Å². The molecule has 92 valence electrons. The molecule has 1 unspecified atom stereocenters. The molecule has 1 fully saturated rings. The molecule has 1 amide bonds. The molecule has 1 aliphatic heterocycles. The van der Waals surface area contributed by atoms with Crippen LogP contribution in [0.2, 0.25) is 0 Å². The number of rotatable bonds is 1. The third kappa shape index (κ3) is 3.10. The molecule has 6 nitrogen and oxygen atoms in total. The SMILES string of the molecule is COC(=O)C1CNCN1C(=O)OC(C)(C)C. The van der Waals surface area contributed by atoms with E-state index in [1.807, 2.05) is 0 Å². The summed E-state index contributed by atoms with van der Waals surface area (Å²) in [5.74, 6) is -0.434. The van der Waals surface area contributed by atoms with Crippen molar-refractivity contribution in [3.8, 4) is 0 Å². The monoisotopic (exact) mass is 230 g/mol. The normalized spacial score (nSPS) is 20.8. The Hall–Kier alpha value is -1.30. The highest BCUT2D eigenvalue weighted by molar-refractivity contribution is 5.82. The summed E-state index contributed by atoms with van der Waals surface area (Å²) in [6.45, 7) is 6.03. The summed E-state index contributed by atoms with van der Waals surface area (Å²) in [5, 5.41) is 2.93. The zero-order valence-corrected chi connectivity index (χ0v) is 10.1. The topological polar surface area (TPSA) is 67.9 Å². The predicted molar refractivity (Wildman–Crippen MR) is 56.7 cm³/mol. The van der Waals surface area contributed by atoms with E-state index in [1.165, 1.54) is 12.0 Å². The highest BCUT2D eigenvalue weighted by Crippen LogP contribution is 2.14. The van der Waals surface area contributed by atoms with E-state index in [-0.39, 0.29) is 0 Å². The van der Waals surface area contributed by atoms with Crippen LogP contribution < -0.4 is 5.32 Å². The number of hydrogen-bond donors (Lipinski definition) is 1. The van der Waals surface area contributed by atoms with Crippen molar-refractivity contribution >= 4 is 12.1 Å². The van der Waals surface area contributed by atoms with Gasteiger partial charge in [0, 0.05) is 6.54 Å². The van der Waals surface area contributed by atoms with Crippen LogP contribution >= 0.6 is 0 Å². The van der Waals surface area contributed by atoms with Crippen molar-refractivity contribution in [2.24, 2.45) is 0 Å². The van der Waals surface area contributed by atoms with Gasteiger partial charge in [0.1, 0.15) is 11.6 Å². The highest BCUT2D eigenvalue weighted by Gasteiger charge is 2.37. The summed E-state index contributed by atoms with van der Waals surface area (Å²) in [5.41, 5.74) is -0.569. The van der Waals surface area contributed by atoms with Crippen molar-refractivity contribution in [1.29, 1.82) is 0 Å². The maximum absolute atomic E-state index is 11.7. The average molecular weight is 230 g/mol. The van der Waals surface area contributed by atoms with Crippen molar-refractivity contribution in [2.75, 3.05) is 20.3 Å². The minimum atomic E-state index is -0.597. The molecule has 1 N–H and O–H groups in total. The van der Waals surface area contributed by atoms with Crippen molar-refractivity contribution in [2.45, 2.75) is 32.4 Å². The molecular formula is C10H18N2O4. The third-order valence-corrected chi connectivity index (χ3v) is 2.10. The van der Waals surface area contributed by atoms with Gasteiger partial charge in [-0.25, -0.2) is 9.59 Å². The molecule has 0 radical (unpaired) electrons. The van der Waals surface area contributed by atoms with E-state index in [0.29, 0.717) is 13.2 Å². The smallest absolute Gasteiger partial charge is 0.412 e. The molecule has 0 bridgehead atoms. The van der Waals surface area contributed by atoms with E-state index in [1.54, 1.807) is 20.8 Å². The van der Waals surface area contributed by atoms with Crippen LogP contribution in [-0.4, -0.2) is 48.9 Å². The fourth-order valence-electron chi connectivity index (χ4n) is 1.40. The predicted octanol–water partition coefficient (Wildman–Crippen LogP) is 0.326. The lowest BCUT2D eigenvalue weighted by molar-refractivity contribution is -0.145. The van der Waals surface area contributed by atoms with Crippen LogP contribution in [0.25, 0.3) is 0 Å². The minimum absolute atomic E-state index is 0.300. The Morgan fingerprint density at radius 1 is 1.38 bits per heavy atom. The van der Waals surface area contributed by atoms with Crippen molar-refractivity contribution in [3.63, 3.8) is 0 Å². The van der Waals surface area contributed by atoms with Crippen LogP contribution in [-0.2, 0) is 14.3 Å². The van der Waals surface area contributed by atoms with E-state index in [0.717, 1.165) is 0 Å². The summed E-state index contributed by atoms with van der Waals surface area (Å²) < 4.78 is 9.80. The Labute approximate surface area is 94.9 Å². The molecule has 1 saturated heterocycles. The molecule has 6 heteroatoms. The second kappa shape index (κ2) is 4.69. The lowest BCUT2D eigenvalue weighted by Gasteiger charge is -2.26. The molecule has 0 spiro atoms. The first-order valence-corrected chi connectivity index (χ1v) is 5.13. The van der Waals surface area contributed by atoms with Gasteiger partial charge < -0.3 is 9.47 Å². The van der Waals surface area contributed by atoms with Gasteiger partial charge >= 0.3 is 12.1 Å². The van der Waals surface area contributed by atoms with Crippen LogP contribution in [0.3, 0.4) is 0 Å². The van der Waals surface area contributed by atoms with Crippen LogP contribution in [0.5, 0.6) is 0 Å². The highest BCUT2D eigenvalue weighted by atomic mass is 16.6. The van der Waals surface area contributed by atoms with E-state index in [4.69, 9.17) is 4.74 Å². The Balaban J connectivity index is 2.65. The Kier molecular flexibility index (Phi) is 3.74. The van der Waals surface area contributed by atoms with Gasteiger partial charge in [0.15, 0.2) is 0 Å². The van der Waals surface area contributed by atoms with Crippen LogP contribution in [0.1, 0.15) is 20.8 Å². The van der Waals surface area contributed by atoms with E-state index in [9.17, 15) is 9.59 Å². The van der Waals surface area contributed by atoms with Gasteiger partial charge in [-0.15, -0.1) is 0 Å². The van der Waals surface area contributed by atoms with E-state index < -0.39 is 23.7 Å². The van der Waals surface area contributed by atoms with Gasteiger partial charge in [0.05, 0.1) is 13.8 Å². The van der Waals surface area contributed by atoms with E-state index in [2.05, 4.69) is 10.1 Å². The summed E-state index contributed by atoms with van der Waals surface area (Å²) in [6, 6.07) is -0.597. The average Bonchev–Trinajstić information content (AvgIpc) is 2.62. The maximum atomic E-state index is 11.7. The molecule has 16 heavy (non-hydrogen) atoms. The quantitative estimate of drug-likeness (QED) is 0.657. The van der Waals surface area contributed by atoms with Crippen molar-refractivity contribution < 1.29 is 19.1 Å². The van der Waals surface area contributed by atoms with Gasteiger partial charge in [-0.05, 0) is 20.8 Å². The number of ether oxygens (including phenoxy) is 2. The maximum Gasteiger partial charge on any atom is 0.412 e. The number of carbonyl (C=O) groups excluding carboxylic acids is 2. The van der Waals surface area contributed by atoms with Crippen LogP contribution in [0.4, 0.5) is 4.79 Å². The largest absolute Gasteiger partial charge is 0.467 e. The van der Waals surface area contributed by atoms with Crippen LogP contribution in [0, 0.1) is 0 Å². The zero-order chi connectivity index (χ0) is 12.3. The number of carbonyl (C=O) groups is 2. The number of esters is 1. The molecular weight excluding hydrogens is 212 g/mol. The fraction of sp³-hybridized carbons (Fsp3) is 0.800. The van der Waals surface area contributed by atoms with Gasteiger partial charge in [-0.1, -0.05) is 0 Å². The van der Waals surface area contributed by atoms with Crippen molar-refractivity contribution in [3.05, 3.63) is 0 Å².